The second kappa shape index (κ2) is 11.7. The van der Waals surface area contributed by atoms with E-state index in [4.69, 9.17) is 4.74 Å². The average Bonchev–Trinajstić information content (AvgIpc) is 2.76. The van der Waals surface area contributed by atoms with Crippen LogP contribution in [0.25, 0.3) is 0 Å². The van der Waals surface area contributed by atoms with Gasteiger partial charge in [0.15, 0.2) is 5.96 Å². The van der Waals surface area contributed by atoms with Gasteiger partial charge in [0.2, 0.25) is 0 Å². The fraction of sp³-hybridized carbons (Fsp3) is 0.409. The van der Waals surface area contributed by atoms with Crippen molar-refractivity contribution in [1.29, 1.82) is 0 Å². The van der Waals surface area contributed by atoms with Gasteiger partial charge in [0, 0.05) is 36.8 Å². The van der Waals surface area contributed by atoms with Crippen LogP contribution in [0.5, 0.6) is 0 Å². The minimum Gasteiger partial charge on any atom is -0.378 e. The second-order valence-corrected chi connectivity index (χ2v) is 7.84. The first-order valence-electron chi connectivity index (χ1n) is 10.1. The molecule has 0 unspecified atom stereocenters. The van der Waals surface area contributed by atoms with E-state index in [1.54, 1.807) is 17.8 Å². The summed E-state index contributed by atoms with van der Waals surface area (Å²) in [5.74, 6) is 1.49. The molecule has 0 aliphatic carbocycles. The number of halogens is 1. The smallest absolute Gasteiger partial charge is 0.191 e. The molecule has 7 heteroatoms. The number of aliphatic imine (C=N–C) groups is 1. The molecule has 2 aromatic carbocycles. The van der Waals surface area contributed by atoms with Crippen LogP contribution in [0.4, 0.5) is 10.1 Å². The van der Waals surface area contributed by atoms with Crippen molar-refractivity contribution in [2.45, 2.75) is 18.4 Å². The highest BCUT2D eigenvalue weighted by atomic mass is 32.2. The number of hydrogen-bond donors (Lipinski definition) is 2. The number of rotatable bonds is 8. The molecule has 0 aromatic heterocycles. The second-order valence-electron chi connectivity index (χ2n) is 6.67. The summed E-state index contributed by atoms with van der Waals surface area (Å²) in [5, 5.41) is 6.58. The van der Waals surface area contributed by atoms with Crippen molar-refractivity contribution in [3.63, 3.8) is 0 Å². The topological polar surface area (TPSA) is 48.9 Å². The van der Waals surface area contributed by atoms with Crippen molar-refractivity contribution < 1.29 is 9.13 Å². The zero-order valence-electron chi connectivity index (χ0n) is 16.9. The number of thioether (sulfide) groups is 1. The van der Waals surface area contributed by atoms with Crippen molar-refractivity contribution in [2.75, 3.05) is 50.0 Å². The highest BCUT2D eigenvalue weighted by Crippen LogP contribution is 2.22. The van der Waals surface area contributed by atoms with Crippen molar-refractivity contribution in [3.05, 3.63) is 59.9 Å². The van der Waals surface area contributed by atoms with E-state index in [1.807, 2.05) is 42.2 Å². The van der Waals surface area contributed by atoms with Crippen molar-refractivity contribution in [3.8, 4) is 0 Å². The van der Waals surface area contributed by atoms with E-state index in [2.05, 4.69) is 27.8 Å². The normalized spacial score (nSPS) is 14.7. The lowest BCUT2D eigenvalue weighted by atomic mass is 10.1. The Morgan fingerprint density at radius 2 is 1.93 bits per heavy atom. The van der Waals surface area contributed by atoms with Crippen molar-refractivity contribution in [2.24, 2.45) is 4.99 Å². The molecule has 0 amide bonds. The van der Waals surface area contributed by atoms with Gasteiger partial charge in [-0.25, -0.2) is 9.38 Å². The van der Waals surface area contributed by atoms with E-state index in [0.29, 0.717) is 25.4 Å². The quantitative estimate of drug-likeness (QED) is 0.299. The summed E-state index contributed by atoms with van der Waals surface area (Å²) in [6.45, 7) is 6.79. The van der Waals surface area contributed by atoms with Crippen LogP contribution in [0.2, 0.25) is 0 Å². The summed E-state index contributed by atoms with van der Waals surface area (Å²) in [6.07, 6.45) is 0. The molecule has 1 saturated heterocycles. The van der Waals surface area contributed by atoms with Crippen LogP contribution < -0.4 is 15.5 Å². The highest BCUT2D eigenvalue weighted by molar-refractivity contribution is 7.99. The molecule has 0 saturated carbocycles. The predicted octanol–water partition coefficient (Wildman–Crippen LogP) is 3.51. The Kier molecular flexibility index (Phi) is 8.64. The molecule has 156 valence electrons. The summed E-state index contributed by atoms with van der Waals surface area (Å²) in [7, 11) is 0. The zero-order chi connectivity index (χ0) is 20.3. The minimum atomic E-state index is -0.197. The van der Waals surface area contributed by atoms with E-state index >= 15 is 0 Å². The van der Waals surface area contributed by atoms with Gasteiger partial charge in [-0.1, -0.05) is 24.3 Å². The van der Waals surface area contributed by atoms with Gasteiger partial charge >= 0.3 is 0 Å². The van der Waals surface area contributed by atoms with E-state index in [9.17, 15) is 4.39 Å². The maximum atomic E-state index is 14.6. The average molecular weight is 417 g/mol. The first-order chi connectivity index (χ1) is 14.3. The number of guanidine groups is 1. The molecule has 29 heavy (non-hydrogen) atoms. The third-order valence-electron chi connectivity index (χ3n) is 4.53. The van der Waals surface area contributed by atoms with Crippen LogP contribution in [0.3, 0.4) is 0 Å². The van der Waals surface area contributed by atoms with Gasteiger partial charge in [0.25, 0.3) is 0 Å². The molecule has 2 N–H and O–H groups in total. The lowest BCUT2D eigenvalue weighted by molar-refractivity contribution is 0.122. The summed E-state index contributed by atoms with van der Waals surface area (Å²) < 4.78 is 19.9. The van der Waals surface area contributed by atoms with Gasteiger partial charge in [0.05, 0.1) is 25.4 Å². The predicted molar refractivity (Wildman–Crippen MR) is 119 cm³/mol. The number of morpholine rings is 1. The molecule has 5 nitrogen and oxygen atoms in total. The summed E-state index contributed by atoms with van der Waals surface area (Å²) in [6, 6.07) is 15.7. The van der Waals surface area contributed by atoms with Crippen molar-refractivity contribution >= 4 is 23.4 Å². The van der Waals surface area contributed by atoms with Crippen molar-refractivity contribution in [1.82, 2.24) is 10.6 Å². The van der Waals surface area contributed by atoms with Crippen LogP contribution >= 0.6 is 11.8 Å². The molecule has 1 heterocycles. The van der Waals surface area contributed by atoms with Gasteiger partial charge in [-0.2, -0.15) is 0 Å². The Morgan fingerprint density at radius 3 is 2.66 bits per heavy atom. The first kappa shape index (κ1) is 21.5. The van der Waals surface area contributed by atoms with E-state index in [-0.39, 0.29) is 5.82 Å². The third-order valence-corrected chi connectivity index (χ3v) is 5.55. The molecule has 1 aliphatic heterocycles. The number of nitrogens with zero attached hydrogens (tertiary/aromatic N) is 2. The van der Waals surface area contributed by atoms with Gasteiger partial charge < -0.3 is 20.3 Å². The lowest BCUT2D eigenvalue weighted by Crippen LogP contribution is -2.38. The molecule has 1 aliphatic rings. The molecular weight excluding hydrogens is 387 g/mol. The molecular formula is C22H29FN4OS. The van der Waals surface area contributed by atoms with Crippen LogP contribution in [0, 0.1) is 5.82 Å². The Bertz CT molecular complexity index is 782. The SMILES string of the molecule is CCNC(=NCc1ccc(N2CCOCC2)c(F)c1)NCCSc1ccccc1. The molecule has 2 aromatic rings. The maximum Gasteiger partial charge on any atom is 0.191 e. The fourth-order valence-electron chi connectivity index (χ4n) is 3.08. The summed E-state index contributed by atoms with van der Waals surface area (Å²) >= 11 is 1.80. The molecule has 0 radical (unpaired) electrons. The van der Waals surface area contributed by atoms with Crippen LogP contribution in [0.1, 0.15) is 12.5 Å². The summed E-state index contributed by atoms with van der Waals surface area (Å²) in [4.78, 5) is 7.88. The Labute approximate surface area is 176 Å². The van der Waals surface area contributed by atoms with E-state index in [1.165, 1.54) is 4.90 Å². The maximum absolute atomic E-state index is 14.6. The Morgan fingerprint density at radius 1 is 1.14 bits per heavy atom. The monoisotopic (exact) mass is 416 g/mol. The molecule has 3 rings (SSSR count). The molecule has 0 atom stereocenters. The first-order valence-corrected chi connectivity index (χ1v) is 11.1. The Hall–Kier alpha value is -2.25. The molecule has 0 bridgehead atoms. The minimum absolute atomic E-state index is 0.197. The number of hydrogen-bond acceptors (Lipinski definition) is 4. The number of nitrogens with one attached hydrogen (secondary N) is 2. The largest absolute Gasteiger partial charge is 0.378 e. The zero-order valence-corrected chi connectivity index (χ0v) is 17.7. The van der Waals surface area contributed by atoms with Crippen LogP contribution in [-0.2, 0) is 11.3 Å². The van der Waals surface area contributed by atoms with E-state index in [0.717, 1.165) is 43.5 Å². The standard InChI is InChI=1S/C22H29FN4OS/c1-2-24-22(25-10-15-29-19-6-4-3-5-7-19)26-17-18-8-9-21(20(23)16-18)27-11-13-28-14-12-27/h3-9,16H,2,10-15,17H2,1H3,(H2,24,25,26). The summed E-state index contributed by atoms with van der Waals surface area (Å²) in [5.41, 5.74) is 1.50. The van der Waals surface area contributed by atoms with Crippen LogP contribution in [0.15, 0.2) is 58.4 Å². The van der Waals surface area contributed by atoms with Gasteiger partial charge in [-0.15, -0.1) is 11.8 Å². The number of anilines is 1. The number of benzene rings is 2. The highest BCUT2D eigenvalue weighted by Gasteiger charge is 2.15. The van der Waals surface area contributed by atoms with Gasteiger partial charge in [-0.05, 0) is 36.8 Å². The molecule has 1 fully saturated rings. The fourth-order valence-corrected chi connectivity index (χ4v) is 3.87. The van der Waals surface area contributed by atoms with E-state index < -0.39 is 0 Å². The van der Waals surface area contributed by atoms with Gasteiger partial charge in [-0.3, -0.25) is 0 Å². The lowest BCUT2D eigenvalue weighted by Gasteiger charge is -2.29. The van der Waals surface area contributed by atoms with Gasteiger partial charge in [0.1, 0.15) is 5.82 Å². The Balaban J connectivity index is 1.51. The molecule has 0 spiro atoms. The third kappa shape index (κ3) is 6.94. The van der Waals surface area contributed by atoms with Crippen LogP contribution in [-0.4, -0.2) is 51.1 Å². The number of ether oxygens (including phenoxy) is 1.